The molecule has 1 N–H and O–H groups in total. The molecule has 8 nitrogen and oxygen atoms in total. The molecule has 0 amide bonds. The van der Waals surface area contributed by atoms with Gasteiger partial charge in [0.15, 0.2) is 5.76 Å². The van der Waals surface area contributed by atoms with E-state index in [4.69, 9.17) is 9.26 Å². The van der Waals surface area contributed by atoms with Gasteiger partial charge in [0.2, 0.25) is 10.0 Å². The summed E-state index contributed by atoms with van der Waals surface area (Å²) in [4.78, 5) is 12.8. The second-order valence-corrected chi connectivity index (χ2v) is 9.77. The molecule has 32 heavy (non-hydrogen) atoms. The van der Waals surface area contributed by atoms with Crippen molar-refractivity contribution in [1.29, 1.82) is 0 Å². The van der Waals surface area contributed by atoms with Gasteiger partial charge in [-0.2, -0.15) is 4.31 Å². The lowest BCUT2D eigenvalue weighted by Gasteiger charge is -2.22. The van der Waals surface area contributed by atoms with Crippen molar-refractivity contribution < 1.29 is 27.6 Å². The summed E-state index contributed by atoms with van der Waals surface area (Å²) in [6, 6.07) is 14.7. The minimum absolute atomic E-state index is 0.0308. The van der Waals surface area contributed by atoms with E-state index in [1.165, 1.54) is 6.07 Å². The first-order chi connectivity index (χ1) is 15.3. The minimum Gasteiger partial charge on any atom is -0.458 e. The fraction of sp³-hybridized carbons (Fsp3) is 0.304. The van der Waals surface area contributed by atoms with Crippen LogP contribution in [0.4, 0.5) is 0 Å². The molecule has 0 radical (unpaired) electrons. The normalized spacial score (nSPS) is 19.2. The van der Waals surface area contributed by atoms with Crippen LogP contribution in [-0.2, 0) is 26.2 Å². The number of sulfonamides is 1. The topological polar surface area (TPSA) is 110 Å². The number of hydrogen-bond acceptors (Lipinski definition) is 7. The predicted octanol–water partition coefficient (Wildman–Crippen LogP) is 2.83. The van der Waals surface area contributed by atoms with Crippen LogP contribution in [0.15, 0.2) is 64.0 Å². The van der Waals surface area contributed by atoms with Crippen molar-refractivity contribution in [1.82, 2.24) is 9.46 Å². The van der Waals surface area contributed by atoms with Gasteiger partial charge in [-0.1, -0.05) is 41.6 Å². The van der Waals surface area contributed by atoms with E-state index in [1.807, 2.05) is 44.2 Å². The minimum atomic E-state index is -3.98. The lowest BCUT2D eigenvalue weighted by Crippen LogP contribution is -2.41. The second kappa shape index (κ2) is 8.85. The number of carbonyl (C=O) groups excluding carboxylic acids is 1. The molecule has 0 saturated carbocycles. The van der Waals surface area contributed by atoms with Crippen molar-refractivity contribution in [3.63, 3.8) is 0 Å². The third-order valence-corrected chi connectivity index (χ3v) is 7.44. The maximum Gasteiger partial charge on any atom is 0.324 e. The number of nitrogens with zero attached hydrogens (tertiary/aromatic N) is 2. The van der Waals surface area contributed by atoms with Gasteiger partial charge < -0.3 is 14.4 Å². The lowest BCUT2D eigenvalue weighted by molar-refractivity contribution is -0.149. The molecule has 1 aliphatic rings. The highest BCUT2D eigenvalue weighted by atomic mass is 32.2. The van der Waals surface area contributed by atoms with Gasteiger partial charge >= 0.3 is 5.97 Å². The summed E-state index contributed by atoms with van der Waals surface area (Å²) in [5, 5.41) is 14.0. The van der Waals surface area contributed by atoms with E-state index in [0.717, 1.165) is 21.0 Å². The van der Waals surface area contributed by atoms with Crippen molar-refractivity contribution >= 4 is 16.0 Å². The van der Waals surface area contributed by atoms with Gasteiger partial charge in [0.25, 0.3) is 0 Å². The molecule has 0 spiro atoms. The molecule has 0 aliphatic carbocycles. The Hall–Kier alpha value is -3.01. The number of ether oxygens (including phenoxy) is 1. The summed E-state index contributed by atoms with van der Waals surface area (Å²) in [5.74, 6) is -0.204. The van der Waals surface area contributed by atoms with Gasteiger partial charge in [-0.15, -0.1) is 0 Å². The SMILES string of the molecule is Cc1ccc(S(=O)(=O)N2C[C@@H](O)C[C@H]2C(=O)OCc2cc(-c3ccccc3)on2)cc1C. The van der Waals surface area contributed by atoms with Gasteiger partial charge in [-0.05, 0) is 37.1 Å². The predicted molar refractivity (Wildman–Crippen MR) is 116 cm³/mol. The first-order valence-corrected chi connectivity index (χ1v) is 11.6. The second-order valence-electron chi connectivity index (χ2n) is 7.88. The van der Waals surface area contributed by atoms with Crippen LogP contribution in [0, 0.1) is 13.8 Å². The molecule has 1 aromatic heterocycles. The highest BCUT2D eigenvalue weighted by Crippen LogP contribution is 2.28. The van der Waals surface area contributed by atoms with E-state index < -0.39 is 28.1 Å². The van der Waals surface area contributed by atoms with E-state index in [9.17, 15) is 18.3 Å². The summed E-state index contributed by atoms with van der Waals surface area (Å²) in [7, 11) is -3.98. The number of aryl methyl sites for hydroxylation is 2. The Morgan fingerprint density at radius 2 is 1.91 bits per heavy atom. The highest BCUT2D eigenvalue weighted by Gasteiger charge is 2.44. The maximum atomic E-state index is 13.2. The van der Waals surface area contributed by atoms with Crippen LogP contribution in [0.2, 0.25) is 0 Å². The highest BCUT2D eigenvalue weighted by molar-refractivity contribution is 7.89. The zero-order valence-electron chi connectivity index (χ0n) is 17.8. The molecule has 0 unspecified atom stereocenters. The van der Waals surface area contributed by atoms with Crippen LogP contribution < -0.4 is 0 Å². The van der Waals surface area contributed by atoms with Crippen molar-refractivity contribution in [2.45, 2.75) is 43.9 Å². The van der Waals surface area contributed by atoms with Crippen LogP contribution in [0.25, 0.3) is 11.3 Å². The fourth-order valence-electron chi connectivity index (χ4n) is 3.63. The van der Waals surface area contributed by atoms with Crippen molar-refractivity contribution in [3.8, 4) is 11.3 Å². The molecule has 2 heterocycles. The number of rotatable bonds is 6. The van der Waals surface area contributed by atoms with E-state index in [0.29, 0.717) is 11.5 Å². The third-order valence-electron chi connectivity index (χ3n) is 5.57. The summed E-state index contributed by atoms with van der Waals surface area (Å²) in [6.07, 6.45) is -0.984. The quantitative estimate of drug-likeness (QED) is 0.568. The Balaban J connectivity index is 1.48. The molecule has 1 fully saturated rings. The van der Waals surface area contributed by atoms with E-state index >= 15 is 0 Å². The van der Waals surface area contributed by atoms with Crippen molar-refractivity contribution in [3.05, 3.63) is 71.4 Å². The first-order valence-electron chi connectivity index (χ1n) is 10.2. The van der Waals surface area contributed by atoms with Gasteiger partial charge in [0, 0.05) is 24.6 Å². The number of aromatic nitrogens is 1. The van der Waals surface area contributed by atoms with Crippen molar-refractivity contribution in [2.24, 2.45) is 0 Å². The molecule has 0 bridgehead atoms. The molecule has 3 aromatic rings. The zero-order chi connectivity index (χ0) is 22.9. The molecule has 2 aromatic carbocycles. The first kappa shape index (κ1) is 22.2. The molecular formula is C23H24N2O6S. The Bertz CT molecular complexity index is 1220. The van der Waals surface area contributed by atoms with Crippen LogP contribution in [0.3, 0.4) is 0 Å². The van der Waals surface area contributed by atoms with Crippen LogP contribution >= 0.6 is 0 Å². The zero-order valence-corrected chi connectivity index (χ0v) is 18.6. The monoisotopic (exact) mass is 456 g/mol. The number of aliphatic hydroxyl groups excluding tert-OH is 1. The number of carbonyl (C=O) groups is 1. The molecular weight excluding hydrogens is 432 g/mol. The number of β-amino-alcohol motifs (C(OH)–C–C–N with tert-alkyl or cyclic N) is 1. The summed E-state index contributed by atoms with van der Waals surface area (Å²) < 4.78 is 38.0. The van der Waals surface area contributed by atoms with Gasteiger partial charge in [0.1, 0.15) is 18.3 Å². The van der Waals surface area contributed by atoms with Crippen molar-refractivity contribution in [2.75, 3.05) is 6.54 Å². The third kappa shape index (κ3) is 4.45. The molecule has 1 aliphatic heterocycles. The van der Waals surface area contributed by atoms with Gasteiger partial charge in [0.05, 0.1) is 11.0 Å². The Labute approximate surface area is 186 Å². The molecule has 168 valence electrons. The van der Waals surface area contributed by atoms with E-state index in [1.54, 1.807) is 18.2 Å². The smallest absolute Gasteiger partial charge is 0.324 e. The maximum absolute atomic E-state index is 13.2. The Morgan fingerprint density at radius 3 is 2.62 bits per heavy atom. The van der Waals surface area contributed by atoms with Crippen LogP contribution in [0.1, 0.15) is 23.2 Å². The summed E-state index contributed by atoms with van der Waals surface area (Å²) in [6.45, 7) is 3.37. The average molecular weight is 457 g/mol. The van der Waals surface area contributed by atoms with Crippen LogP contribution in [0.5, 0.6) is 0 Å². The van der Waals surface area contributed by atoms with E-state index in [-0.39, 0.29) is 24.5 Å². The molecule has 9 heteroatoms. The number of esters is 1. The average Bonchev–Trinajstić information content (AvgIpc) is 3.41. The molecule has 4 rings (SSSR count). The van der Waals surface area contributed by atoms with Crippen LogP contribution in [-0.4, -0.2) is 47.6 Å². The fourth-order valence-corrected chi connectivity index (χ4v) is 5.35. The number of hydrogen-bond donors (Lipinski definition) is 1. The Kier molecular flexibility index (Phi) is 6.14. The standard InChI is InChI=1S/C23H24N2O6S/c1-15-8-9-20(10-16(15)2)32(28,29)25-13-19(26)12-21(25)23(27)30-14-18-11-22(31-24-18)17-6-4-3-5-7-17/h3-11,19,21,26H,12-14H2,1-2H3/t19-,21-/m0/s1. The lowest BCUT2D eigenvalue weighted by atomic mass is 10.1. The molecule has 2 atom stereocenters. The molecule has 1 saturated heterocycles. The summed E-state index contributed by atoms with van der Waals surface area (Å²) in [5.41, 5.74) is 3.02. The van der Waals surface area contributed by atoms with E-state index in [2.05, 4.69) is 5.16 Å². The number of aliphatic hydroxyl groups is 1. The number of benzene rings is 2. The van der Waals surface area contributed by atoms with Gasteiger partial charge in [-0.25, -0.2) is 8.42 Å². The largest absolute Gasteiger partial charge is 0.458 e. The Morgan fingerprint density at radius 1 is 1.16 bits per heavy atom. The van der Waals surface area contributed by atoms with Gasteiger partial charge in [-0.3, -0.25) is 4.79 Å². The summed E-state index contributed by atoms with van der Waals surface area (Å²) >= 11 is 0.